The van der Waals surface area contributed by atoms with Gasteiger partial charge < -0.3 is 14.8 Å². The van der Waals surface area contributed by atoms with Gasteiger partial charge in [-0.3, -0.25) is 29.4 Å². The van der Waals surface area contributed by atoms with Gasteiger partial charge in [0, 0.05) is 17.8 Å². The van der Waals surface area contributed by atoms with Crippen molar-refractivity contribution in [3.8, 4) is 5.75 Å². The molecule has 11 heteroatoms. The fraction of sp³-hybridized carbons (Fsp3) is 0.304. The molecule has 0 aliphatic carbocycles. The van der Waals surface area contributed by atoms with Crippen molar-refractivity contribution in [2.45, 2.75) is 26.8 Å². The van der Waals surface area contributed by atoms with Crippen LogP contribution in [0.15, 0.2) is 36.4 Å². The summed E-state index contributed by atoms with van der Waals surface area (Å²) in [6.45, 7) is 4.18. The molecule has 1 aliphatic heterocycles. The van der Waals surface area contributed by atoms with E-state index in [1.165, 1.54) is 31.4 Å². The van der Waals surface area contributed by atoms with E-state index in [2.05, 4.69) is 5.32 Å². The quantitative estimate of drug-likeness (QED) is 0.269. The number of carbonyl (C=O) groups excluding carboxylic acids is 4. The van der Waals surface area contributed by atoms with E-state index in [-0.39, 0.29) is 28.3 Å². The highest BCUT2D eigenvalue weighted by Crippen LogP contribution is 2.33. The molecule has 0 fully saturated rings. The lowest BCUT2D eigenvalue weighted by molar-refractivity contribution is -0.385. The van der Waals surface area contributed by atoms with Crippen LogP contribution in [0.1, 0.15) is 40.1 Å². The maximum Gasteiger partial charge on any atom is 0.330 e. The van der Waals surface area contributed by atoms with Gasteiger partial charge in [-0.15, -0.1) is 0 Å². The zero-order valence-corrected chi connectivity index (χ0v) is 19.0. The molecule has 1 aliphatic rings. The number of anilines is 1. The third-order valence-electron chi connectivity index (χ3n) is 5.32. The number of nitrogens with zero attached hydrogens (tertiary/aromatic N) is 2. The van der Waals surface area contributed by atoms with Crippen LogP contribution in [-0.2, 0) is 14.3 Å². The standard InChI is InChI=1S/C23H23N3O8/c1-12(2)20(25-21(28)14-7-5-6-8-15(14)22(25)29)23(30)34-11-19(27)24-16-10-18(33-4)17(26(31)32)9-13(16)3/h5-10,12,20H,11H2,1-4H3,(H,24,27). The van der Waals surface area contributed by atoms with E-state index in [4.69, 9.17) is 9.47 Å². The second kappa shape index (κ2) is 9.69. The lowest BCUT2D eigenvalue weighted by Gasteiger charge is -2.27. The van der Waals surface area contributed by atoms with Gasteiger partial charge in [0.25, 0.3) is 17.7 Å². The summed E-state index contributed by atoms with van der Waals surface area (Å²) in [4.78, 5) is 62.1. The number of rotatable bonds is 8. The Morgan fingerprint density at radius 1 is 1.12 bits per heavy atom. The maximum absolute atomic E-state index is 12.8. The van der Waals surface area contributed by atoms with Crippen molar-refractivity contribution in [2.24, 2.45) is 5.92 Å². The zero-order chi connectivity index (χ0) is 25.2. The first-order chi connectivity index (χ1) is 16.1. The Labute approximate surface area is 194 Å². The number of methoxy groups -OCH3 is 1. The third kappa shape index (κ3) is 4.58. The minimum atomic E-state index is -1.22. The Bertz CT molecular complexity index is 1160. The lowest BCUT2D eigenvalue weighted by atomic mass is 10.0. The number of fused-ring (bicyclic) bond motifs is 1. The van der Waals surface area contributed by atoms with Crippen molar-refractivity contribution in [1.29, 1.82) is 0 Å². The number of benzene rings is 2. The number of nitro benzene ring substituents is 1. The summed E-state index contributed by atoms with van der Waals surface area (Å²) in [7, 11) is 1.26. The Morgan fingerprint density at radius 3 is 2.21 bits per heavy atom. The number of amides is 3. The highest BCUT2D eigenvalue weighted by Gasteiger charge is 2.44. The predicted octanol–water partition coefficient (Wildman–Crippen LogP) is 2.71. The number of carbonyl (C=O) groups is 4. The number of nitro groups is 1. The predicted molar refractivity (Wildman–Crippen MR) is 120 cm³/mol. The number of hydrogen-bond acceptors (Lipinski definition) is 8. The van der Waals surface area contributed by atoms with Gasteiger partial charge in [-0.25, -0.2) is 4.79 Å². The van der Waals surface area contributed by atoms with Gasteiger partial charge in [-0.05, 0) is 30.5 Å². The second-order valence-corrected chi connectivity index (χ2v) is 7.97. The molecular formula is C23H23N3O8. The van der Waals surface area contributed by atoms with Gasteiger partial charge in [0.05, 0.1) is 23.2 Å². The number of nitrogens with one attached hydrogen (secondary N) is 1. The largest absolute Gasteiger partial charge is 0.490 e. The zero-order valence-electron chi connectivity index (χ0n) is 19.0. The highest BCUT2D eigenvalue weighted by atomic mass is 16.6. The highest BCUT2D eigenvalue weighted by molar-refractivity contribution is 6.22. The topological polar surface area (TPSA) is 145 Å². The molecule has 0 radical (unpaired) electrons. The first kappa shape index (κ1) is 24.4. The number of esters is 1. The van der Waals surface area contributed by atoms with Gasteiger partial charge in [0.2, 0.25) is 0 Å². The van der Waals surface area contributed by atoms with E-state index in [0.29, 0.717) is 5.56 Å². The Hall–Kier alpha value is -4.28. The van der Waals surface area contributed by atoms with Crippen molar-refractivity contribution >= 4 is 35.1 Å². The molecule has 1 unspecified atom stereocenters. The van der Waals surface area contributed by atoms with Crippen LogP contribution in [-0.4, -0.2) is 53.3 Å². The van der Waals surface area contributed by atoms with Crippen LogP contribution in [0.5, 0.6) is 5.75 Å². The number of aryl methyl sites for hydroxylation is 1. The van der Waals surface area contributed by atoms with Crippen LogP contribution in [0.4, 0.5) is 11.4 Å². The molecule has 3 rings (SSSR count). The van der Waals surface area contributed by atoms with Crippen molar-refractivity contribution in [3.63, 3.8) is 0 Å². The Kier molecular flexibility index (Phi) is 6.94. The van der Waals surface area contributed by atoms with E-state index >= 15 is 0 Å². The average Bonchev–Trinajstić information content (AvgIpc) is 3.04. The molecule has 2 aromatic carbocycles. The third-order valence-corrected chi connectivity index (χ3v) is 5.32. The molecule has 0 saturated carbocycles. The normalized spacial score (nSPS) is 13.5. The van der Waals surface area contributed by atoms with Gasteiger partial charge >= 0.3 is 11.7 Å². The molecule has 34 heavy (non-hydrogen) atoms. The summed E-state index contributed by atoms with van der Waals surface area (Å²) in [5.74, 6) is -3.34. The molecule has 11 nitrogen and oxygen atoms in total. The molecule has 1 N–H and O–H groups in total. The smallest absolute Gasteiger partial charge is 0.330 e. The molecule has 1 heterocycles. The van der Waals surface area contributed by atoms with E-state index in [0.717, 1.165) is 4.90 Å². The van der Waals surface area contributed by atoms with Crippen LogP contribution < -0.4 is 10.1 Å². The average molecular weight is 469 g/mol. The first-order valence-corrected chi connectivity index (χ1v) is 10.3. The summed E-state index contributed by atoms with van der Waals surface area (Å²) in [6, 6.07) is 7.58. The van der Waals surface area contributed by atoms with Crippen LogP contribution in [0.2, 0.25) is 0 Å². The Morgan fingerprint density at radius 2 is 1.71 bits per heavy atom. The van der Waals surface area contributed by atoms with Crippen LogP contribution in [0, 0.1) is 23.0 Å². The molecule has 0 aromatic heterocycles. The van der Waals surface area contributed by atoms with Gasteiger partial charge in [-0.2, -0.15) is 0 Å². The number of hydrogen-bond donors (Lipinski definition) is 1. The molecular weight excluding hydrogens is 446 g/mol. The fourth-order valence-corrected chi connectivity index (χ4v) is 3.66. The Balaban J connectivity index is 1.71. The van der Waals surface area contributed by atoms with Gasteiger partial charge in [0.15, 0.2) is 12.4 Å². The molecule has 1 atom stereocenters. The van der Waals surface area contributed by atoms with Crippen molar-refractivity contribution < 1.29 is 33.6 Å². The van der Waals surface area contributed by atoms with Crippen LogP contribution in [0.3, 0.4) is 0 Å². The maximum atomic E-state index is 12.8. The molecule has 0 saturated heterocycles. The van der Waals surface area contributed by atoms with Crippen LogP contribution in [0.25, 0.3) is 0 Å². The monoisotopic (exact) mass is 469 g/mol. The van der Waals surface area contributed by atoms with E-state index < -0.39 is 47.2 Å². The summed E-state index contributed by atoms with van der Waals surface area (Å²) in [5.41, 5.74) is 0.783. The summed E-state index contributed by atoms with van der Waals surface area (Å²) >= 11 is 0. The molecule has 178 valence electrons. The van der Waals surface area contributed by atoms with Crippen LogP contribution >= 0.6 is 0 Å². The van der Waals surface area contributed by atoms with E-state index in [1.807, 2.05) is 0 Å². The van der Waals surface area contributed by atoms with E-state index in [1.54, 1.807) is 32.9 Å². The summed E-state index contributed by atoms with van der Waals surface area (Å²) in [5, 5.41) is 13.6. The second-order valence-electron chi connectivity index (χ2n) is 7.97. The van der Waals surface area contributed by atoms with Crippen molar-refractivity contribution in [2.75, 3.05) is 19.0 Å². The van der Waals surface area contributed by atoms with Crippen molar-refractivity contribution in [1.82, 2.24) is 4.90 Å². The molecule has 3 amide bonds. The minimum Gasteiger partial charge on any atom is -0.490 e. The lowest BCUT2D eigenvalue weighted by Crippen LogP contribution is -2.49. The fourth-order valence-electron chi connectivity index (χ4n) is 3.66. The van der Waals surface area contributed by atoms with Gasteiger partial charge in [0.1, 0.15) is 6.04 Å². The van der Waals surface area contributed by atoms with Crippen molar-refractivity contribution in [3.05, 3.63) is 63.2 Å². The summed E-state index contributed by atoms with van der Waals surface area (Å²) < 4.78 is 10.1. The number of ether oxygens (including phenoxy) is 2. The number of imide groups is 1. The van der Waals surface area contributed by atoms with E-state index in [9.17, 15) is 29.3 Å². The first-order valence-electron chi connectivity index (χ1n) is 10.3. The molecule has 0 bridgehead atoms. The van der Waals surface area contributed by atoms with Gasteiger partial charge in [-0.1, -0.05) is 26.0 Å². The molecule has 0 spiro atoms. The summed E-state index contributed by atoms with van der Waals surface area (Å²) in [6.07, 6.45) is 0. The minimum absolute atomic E-state index is 0.0478. The SMILES string of the molecule is COc1cc(NC(=O)COC(=O)C(C(C)C)N2C(=O)c3ccccc3C2=O)c(C)cc1[N+](=O)[O-]. The molecule has 2 aromatic rings.